The summed E-state index contributed by atoms with van der Waals surface area (Å²) in [5.74, 6) is 0. The molecule has 0 saturated carbocycles. The van der Waals surface area contributed by atoms with E-state index in [0.29, 0.717) is 6.54 Å². The molecule has 1 saturated heterocycles. The van der Waals surface area contributed by atoms with E-state index in [2.05, 4.69) is 26.0 Å². The number of hydrogen-bond donors (Lipinski definition) is 0. The summed E-state index contributed by atoms with van der Waals surface area (Å²) in [6, 6.07) is 5.37. The summed E-state index contributed by atoms with van der Waals surface area (Å²) in [6.45, 7) is 2.29. The second-order valence-electron chi connectivity index (χ2n) is 5.93. The lowest BCUT2D eigenvalue weighted by Gasteiger charge is -2.38. The van der Waals surface area contributed by atoms with Gasteiger partial charge in [-0.1, -0.05) is 17.3 Å². The number of likely N-dealkylation sites (tertiary alicyclic amines) is 1. The van der Waals surface area contributed by atoms with Crippen molar-refractivity contribution in [2.75, 3.05) is 13.1 Å². The third kappa shape index (κ3) is 3.46. The summed E-state index contributed by atoms with van der Waals surface area (Å²) in [5, 5.41) is 3.97. The first-order valence-corrected chi connectivity index (χ1v) is 7.95. The molecule has 2 aliphatic heterocycles. The fraction of sp³-hybridized carbons (Fsp3) is 0.533. The minimum absolute atomic E-state index is 0.275. The average Bonchev–Trinajstić information content (AvgIpc) is 2.79. The molecule has 0 aliphatic carbocycles. The van der Waals surface area contributed by atoms with E-state index in [1.54, 1.807) is 12.1 Å². The van der Waals surface area contributed by atoms with Crippen molar-refractivity contribution in [1.29, 1.82) is 0 Å². The highest BCUT2D eigenvalue weighted by Gasteiger charge is 2.42. The van der Waals surface area contributed by atoms with Crippen molar-refractivity contribution in [3.8, 4) is 0 Å². The highest BCUT2D eigenvalue weighted by atomic mass is 79.9. The molecule has 0 amide bonds. The van der Waals surface area contributed by atoms with E-state index in [4.69, 9.17) is 4.84 Å². The predicted octanol–water partition coefficient (Wildman–Crippen LogP) is 4.17. The molecule has 1 aromatic carbocycles. The van der Waals surface area contributed by atoms with Crippen LogP contribution < -0.4 is 0 Å². The molecule has 0 unspecified atom stereocenters. The SMILES string of the molecule is FC(F)(F)c1ccc(CN2CCC[C@@]3(CC(Br)=NO3)C2)cc1. The van der Waals surface area contributed by atoms with Gasteiger partial charge in [0.1, 0.15) is 4.62 Å². The number of hydrogen-bond acceptors (Lipinski definition) is 3. The van der Waals surface area contributed by atoms with E-state index < -0.39 is 11.7 Å². The van der Waals surface area contributed by atoms with Crippen LogP contribution in [0.3, 0.4) is 0 Å². The first-order chi connectivity index (χ1) is 10.4. The van der Waals surface area contributed by atoms with E-state index in [1.807, 2.05) is 0 Å². The van der Waals surface area contributed by atoms with Crippen molar-refractivity contribution in [2.45, 2.75) is 37.6 Å². The molecule has 0 bridgehead atoms. The Kier molecular flexibility index (Phi) is 4.20. The van der Waals surface area contributed by atoms with Crippen LogP contribution in [0, 0.1) is 0 Å². The molecule has 22 heavy (non-hydrogen) atoms. The Balaban J connectivity index is 1.63. The van der Waals surface area contributed by atoms with E-state index in [-0.39, 0.29) is 5.60 Å². The van der Waals surface area contributed by atoms with Crippen LogP contribution in [0.2, 0.25) is 0 Å². The number of alkyl halides is 3. The predicted molar refractivity (Wildman–Crippen MR) is 80.8 cm³/mol. The molecule has 3 rings (SSSR count). The van der Waals surface area contributed by atoms with E-state index in [1.165, 1.54) is 0 Å². The molecule has 0 aromatic heterocycles. The highest BCUT2D eigenvalue weighted by Crippen LogP contribution is 2.35. The minimum atomic E-state index is -4.28. The van der Waals surface area contributed by atoms with Gasteiger partial charge in [-0.3, -0.25) is 4.90 Å². The molecular formula is C15H16BrF3N2O. The molecular weight excluding hydrogens is 361 g/mol. The van der Waals surface area contributed by atoms with E-state index in [0.717, 1.165) is 54.7 Å². The van der Waals surface area contributed by atoms with Crippen molar-refractivity contribution in [3.05, 3.63) is 35.4 Å². The molecule has 1 atom stereocenters. The van der Waals surface area contributed by atoms with Crippen molar-refractivity contribution in [3.63, 3.8) is 0 Å². The molecule has 1 spiro atoms. The van der Waals surface area contributed by atoms with Crippen molar-refractivity contribution in [2.24, 2.45) is 5.16 Å². The fourth-order valence-corrected chi connectivity index (χ4v) is 3.66. The minimum Gasteiger partial charge on any atom is -0.387 e. The average molecular weight is 377 g/mol. The first-order valence-electron chi connectivity index (χ1n) is 7.15. The Morgan fingerprint density at radius 3 is 2.59 bits per heavy atom. The number of rotatable bonds is 2. The van der Waals surface area contributed by atoms with E-state index in [9.17, 15) is 13.2 Å². The summed E-state index contributed by atoms with van der Waals surface area (Å²) >= 11 is 3.36. The highest BCUT2D eigenvalue weighted by molar-refractivity contribution is 9.18. The Labute approximate surface area is 135 Å². The van der Waals surface area contributed by atoms with Gasteiger partial charge in [0.05, 0.1) is 5.56 Å². The Morgan fingerprint density at radius 1 is 1.27 bits per heavy atom. The summed E-state index contributed by atoms with van der Waals surface area (Å²) in [7, 11) is 0. The van der Waals surface area contributed by atoms with Crippen LogP contribution in [0.15, 0.2) is 29.4 Å². The fourth-order valence-electron chi connectivity index (χ4n) is 3.08. The lowest BCUT2D eigenvalue weighted by atomic mass is 9.90. The van der Waals surface area contributed by atoms with Crippen LogP contribution in [0.1, 0.15) is 30.4 Å². The molecule has 0 N–H and O–H groups in total. The van der Waals surface area contributed by atoms with Gasteiger partial charge in [-0.05, 0) is 53.0 Å². The lowest BCUT2D eigenvalue weighted by molar-refractivity contribution is -0.137. The quantitative estimate of drug-likeness (QED) is 0.773. The van der Waals surface area contributed by atoms with Crippen LogP contribution in [-0.2, 0) is 17.6 Å². The third-order valence-corrected chi connectivity index (χ3v) is 4.54. The zero-order valence-electron chi connectivity index (χ0n) is 11.9. The maximum absolute atomic E-state index is 12.6. The summed E-state index contributed by atoms with van der Waals surface area (Å²) in [6.07, 6.45) is -1.57. The van der Waals surface area contributed by atoms with Crippen LogP contribution in [-0.4, -0.2) is 28.2 Å². The van der Waals surface area contributed by atoms with Crippen LogP contribution in [0.25, 0.3) is 0 Å². The first kappa shape index (κ1) is 15.8. The monoisotopic (exact) mass is 376 g/mol. The van der Waals surface area contributed by atoms with Gasteiger partial charge in [-0.25, -0.2) is 0 Å². The molecule has 2 heterocycles. The van der Waals surface area contributed by atoms with Crippen molar-refractivity contribution >= 4 is 20.6 Å². The Bertz CT molecular complexity index is 573. The molecule has 120 valence electrons. The Hall–Kier alpha value is -1.08. The number of piperidine rings is 1. The number of oxime groups is 1. The second-order valence-corrected chi connectivity index (χ2v) is 6.84. The summed E-state index contributed by atoms with van der Waals surface area (Å²) in [5.41, 5.74) is -0.00550. The zero-order chi connectivity index (χ0) is 15.8. The molecule has 7 heteroatoms. The molecule has 2 aliphatic rings. The standard InChI is InChI=1S/C15H16BrF3N2O/c16-13-8-14(22-20-13)6-1-7-21(10-14)9-11-2-4-12(5-3-11)15(17,18)19/h2-5H,1,6-10H2/t14-/m1/s1. The molecule has 0 radical (unpaired) electrons. The van der Waals surface area contributed by atoms with Gasteiger partial charge in [-0.2, -0.15) is 13.2 Å². The van der Waals surface area contributed by atoms with Crippen molar-refractivity contribution in [1.82, 2.24) is 4.90 Å². The third-order valence-electron chi connectivity index (χ3n) is 4.11. The van der Waals surface area contributed by atoms with Gasteiger partial charge in [-0.15, -0.1) is 0 Å². The number of benzene rings is 1. The number of nitrogens with zero attached hydrogens (tertiary/aromatic N) is 2. The van der Waals surface area contributed by atoms with Crippen LogP contribution >= 0.6 is 15.9 Å². The maximum atomic E-state index is 12.6. The summed E-state index contributed by atoms with van der Waals surface area (Å²) in [4.78, 5) is 7.79. The van der Waals surface area contributed by atoms with Crippen molar-refractivity contribution < 1.29 is 18.0 Å². The molecule has 1 aromatic rings. The second kappa shape index (κ2) is 5.85. The summed E-state index contributed by atoms with van der Waals surface area (Å²) < 4.78 is 38.5. The Morgan fingerprint density at radius 2 is 2.00 bits per heavy atom. The number of halogens is 4. The smallest absolute Gasteiger partial charge is 0.387 e. The lowest BCUT2D eigenvalue weighted by Crippen LogP contribution is -2.47. The largest absolute Gasteiger partial charge is 0.416 e. The van der Waals surface area contributed by atoms with Crippen LogP contribution in [0.5, 0.6) is 0 Å². The van der Waals surface area contributed by atoms with Gasteiger partial charge in [0.2, 0.25) is 0 Å². The van der Waals surface area contributed by atoms with Gasteiger partial charge >= 0.3 is 6.18 Å². The van der Waals surface area contributed by atoms with Crippen LogP contribution in [0.4, 0.5) is 13.2 Å². The maximum Gasteiger partial charge on any atom is 0.416 e. The normalized spacial score (nSPS) is 26.1. The van der Waals surface area contributed by atoms with E-state index >= 15 is 0 Å². The zero-order valence-corrected chi connectivity index (χ0v) is 13.5. The van der Waals surface area contributed by atoms with Gasteiger partial charge in [0, 0.05) is 19.5 Å². The topological polar surface area (TPSA) is 24.8 Å². The van der Waals surface area contributed by atoms with Gasteiger partial charge < -0.3 is 4.84 Å². The molecule has 3 nitrogen and oxygen atoms in total. The molecule has 1 fully saturated rings. The van der Waals surface area contributed by atoms with Gasteiger partial charge in [0.15, 0.2) is 5.60 Å². The van der Waals surface area contributed by atoms with Gasteiger partial charge in [0.25, 0.3) is 0 Å².